The Morgan fingerprint density at radius 3 is 2.76 bits per heavy atom. The highest BCUT2D eigenvalue weighted by Crippen LogP contribution is 2.43. The highest BCUT2D eigenvalue weighted by atomic mass is 35.5. The molecule has 3 aliphatic heterocycles. The molecule has 0 spiro atoms. The van der Waals surface area contributed by atoms with Crippen molar-refractivity contribution < 1.29 is 31.1 Å². The van der Waals surface area contributed by atoms with Crippen LogP contribution in [0.5, 0.6) is 0 Å². The summed E-state index contributed by atoms with van der Waals surface area (Å²) in [6.07, 6.45) is 3.95. The smallest absolute Gasteiger partial charge is 0.283 e. The molecule has 3 atom stereocenters. The van der Waals surface area contributed by atoms with Crippen molar-refractivity contribution in [3.63, 3.8) is 0 Å². The molecule has 1 fully saturated rings. The number of carbonyl (C=O) groups is 1. The molecule has 10 nitrogen and oxygen atoms in total. The van der Waals surface area contributed by atoms with Crippen molar-refractivity contribution in [1.82, 2.24) is 14.9 Å². The monoisotopic (exact) mass is 604 g/mol. The summed E-state index contributed by atoms with van der Waals surface area (Å²) in [5.41, 5.74) is 0.383. The summed E-state index contributed by atoms with van der Waals surface area (Å²) >= 11 is 7.13. The highest BCUT2D eigenvalue weighted by molar-refractivity contribution is 8.05. The van der Waals surface area contributed by atoms with Crippen molar-refractivity contribution in [2.24, 2.45) is 16.2 Å². The molecule has 0 aromatic heterocycles. The van der Waals surface area contributed by atoms with E-state index in [0.29, 0.717) is 24.2 Å². The third-order valence-electron chi connectivity index (χ3n) is 7.12. The number of thioether (sulfide) groups is 1. The molecule has 5 rings (SSSR count). The average Bonchev–Trinajstić information content (AvgIpc) is 3.26. The fraction of sp³-hybridized carbons (Fsp3) is 0.478. The van der Waals surface area contributed by atoms with Gasteiger partial charge in [0.1, 0.15) is 22.1 Å². The zero-order chi connectivity index (χ0) is 27.4. The lowest BCUT2D eigenvalue weighted by Gasteiger charge is -2.44. The Kier molecular flexibility index (Phi) is 7.31. The second-order valence-corrected chi connectivity index (χ2v) is 14.6. The lowest BCUT2D eigenvalue weighted by atomic mass is 9.78. The van der Waals surface area contributed by atoms with Crippen molar-refractivity contribution >= 4 is 55.2 Å². The molecule has 1 aromatic rings. The van der Waals surface area contributed by atoms with Gasteiger partial charge in [0, 0.05) is 36.7 Å². The molecule has 206 valence electrons. The molecule has 3 heterocycles. The number of aliphatic hydroxyl groups excluding tert-OH is 1. The molecule has 3 N–H and O–H groups in total. The molecule has 1 saturated carbocycles. The summed E-state index contributed by atoms with van der Waals surface area (Å²) in [6.45, 7) is -0.0141. The molecular weight excluding hydrogens is 579 g/mol. The fourth-order valence-electron chi connectivity index (χ4n) is 5.39. The van der Waals surface area contributed by atoms with E-state index in [-0.39, 0.29) is 51.3 Å². The summed E-state index contributed by atoms with van der Waals surface area (Å²) in [5, 5.41) is 14.3. The maximum atomic E-state index is 13.8. The van der Waals surface area contributed by atoms with Crippen LogP contribution in [0.2, 0.25) is 5.02 Å². The van der Waals surface area contributed by atoms with E-state index in [4.69, 9.17) is 11.6 Å². The number of hydrogen-bond donors (Lipinski definition) is 3. The number of amidine groups is 1. The number of nitrogens with one attached hydrogen (secondary N) is 2. The number of rotatable bonds is 6. The van der Waals surface area contributed by atoms with Crippen LogP contribution < -0.4 is 10.0 Å². The first kappa shape index (κ1) is 27.4. The van der Waals surface area contributed by atoms with Crippen LogP contribution in [0.3, 0.4) is 0 Å². The predicted molar refractivity (Wildman–Crippen MR) is 143 cm³/mol. The second kappa shape index (κ2) is 10.1. The SMILES string of the molecule is CS(=O)(=O)NCC1CSC2=C1S(=O)(=O)N=C(C1=C(O)C3CCCCC3N(Cc3ccc(F)c(Cl)c3)C1=O)N2. The van der Waals surface area contributed by atoms with E-state index in [0.717, 1.165) is 19.1 Å². The van der Waals surface area contributed by atoms with E-state index in [2.05, 4.69) is 14.4 Å². The first-order chi connectivity index (χ1) is 17.9. The molecule has 1 aromatic carbocycles. The standard InChI is InChI=1S/C23H26ClFN4O6S3/c1-37(32,33)26-9-13-11-36-22-20(13)38(34,35)28-21(27-22)18-19(30)14-4-2-3-5-17(14)29(23(18)31)10-12-6-7-16(25)15(24)8-12/h6-8,13-14,17,26,30H,2-5,9-11H2,1H3,(H,27,28). The van der Waals surface area contributed by atoms with Gasteiger partial charge in [-0.3, -0.25) is 4.79 Å². The molecule has 3 unspecified atom stereocenters. The Morgan fingerprint density at radius 2 is 2.05 bits per heavy atom. The number of sulfonamides is 2. The van der Waals surface area contributed by atoms with Crippen LogP contribution in [0.4, 0.5) is 4.39 Å². The number of nitrogens with zero attached hydrogens (tertiary/aromatic N) is 2. The van der Waals surface area contributed by atoms with E-state index in [1.807, 2.05) is 0 Å². The fourth-order valence-corrected chi connectivity index (χ4v) is 9.18. The van der Waals surface area contributed by atoms with Crippen LogP contribution in [-0.4, -0.2) is 63.2 Å². The van der Waals surface area contributed by atoms with Gasteiger partial charge in [-0.05, 0) is 30.5 Å². The Morgan fingerprint density at radius 1 is 1.32 bits per heavy atom. The van der Waals surface area contributed by atoms with E-state index in [1.165, 1.54) is 30.0 Å². The molecule has 0 bridgehead atoms. The Bertz CT molecular complexity index is 1510. The van der Waals surface area contributed by atoms with Crippen molar-refractivity contribution in [3.05, 3.63) is 55.9 Å². The zero-order valence-electron chi connectivity index (χ0n) is 20.3. The summed E-state index contributed by atoms with van der Waals surface area (Å²) in [4.78, 5) is 15.3. The van der Waals surface area contributed by atoms with Gasteiger partial charge in [0.05, 0.1) is 16.3 Å². The largest absolute Gasteiger partial charge is 0.511 e. The maximum absolute atomic E-state index is 13.8. The third-order valence-corrected chi connectivity index (χ3v) is 10.9. The van der Waals surface area contributed by atoms with E-state index in [9.17, 15) is 31.1 Å². The van der Waals surface area contributed by atoms with Crippen LogP contribution in [0, 0.1) is 17.7 Å². The minimum Gasteiger partial charge on any atom is -0.511 e. The van der Waals surface area contributed by atoms with E-state index < -0.39 is 43.6 Å². The first-order valence-corrected chi connectivity index (χ1v) is 16.7. The normalized spacial score (nSPS) is 27.1. The minimum absolute atomic E-state index is 0.0425. The number of benzene rings is 1. The summed E-state index contributed by atoms with van der Waals surface area (Å²) in [5.74, 6) is -2.38. The van der Waals surface area contributed by atoms with Gasteiger partial charge in [0.2, 0.25) is 10.0 Å². The van der Waals surface area contributed by atoms with Crippen LogP contribution in [0.1, 0.15) is 31.2 Å². The van der Waals surface area contributed by atoms with Crippen molar-refractivity contribution in [3.8, 4) is 0 Å². The molecule has 0 saturated heterocycles. The van der Waals surface area contributed by atoms with Gasteiger partial charge in [-0.2, -0.15) is 8.42 Å². The van der Waals surface area contributed by atoms with Gasteiger partial charge in [-0.15, -0.1) is 16.2 Å². The number of halogens is 2. The van der Waals surface area contributed by atoms with E-state index >= 15 is 0 Å². The Hall–Kier alpha value is -2.13. The van der Waals surface area contributed by atoms with Gasteiger partial charge in [-0.25, -0.2) is 17.5 Å². The number of amides is 1. The summed E-state index contributed by atoms with van der Waals surface area (Å²) < 4.78 is 69.4. The predicted octanol–water partition coefficient (Wildman–Crippen LogP) is 2.61. The lowest BCUT2D eigenvalue weighted by molar-refractivity contribution is -0.133. The van der Waals surface area contributed by atoms with Crippen molar-refractivity contribution in [2.45, 2.75) is 38.3 Å². The Balaban J connectivity index is 1.49. The Labute approximate surface area is 229 Å². The second-order valence-electron chi connectivity index (χ2n) is 9.76. The number of aliphatic hydroxyl groups is 1. The third kappa shape index (κ3) is 5.20. The molecule has 15 heteroatoms. The first-order valence-electron chi connectivity index (χ1n) is 12.0. The van der Waals surface area contributed by atoms with Gasteiger partial charge in [-0.1, -0.05) is 30.5 Å². The molecule has 38 heavy (non-hydrogen) atoms. The average molecular weight is 605 g/mol. The number of fused-ring (bicyclic) bond motifs is 1. The van der Waals surface area contributed by atoms with Gasteiger partial charge in [0.15, 0.2) is 5.84 Å². The quantitative estimate of drug-likeness (QED) is 0.449. The molecule has 1 amide bonds. The van der Waals surface area contributed by atoms with Gasteiger partial charge < -0.3 is 15.3 Å². The number of hydrogen-bond acceptors (Lipinski definition) is 8. The summed E-state index contributed by atoms with van der Waals surface area (Å²) in [6, 6.07) is 3.88. The van der Waals surface area contributed by atoms with Crippen LogP contribution in [0.15, 0.2) is 43.9 Å². The molecule has 4 aliphatic rings. The van der Waals surface area contributed by atoms with Crippen molar-refractivity contribution in [2.75, 3.05) is 18.6 Å². The summed E-state index contributed by atoms with van der Waals surface area (Å²) in [7, 11) is -7.79. The van der Waals surface area contributed by atoms with E-state index in [1.54, 1.807) is 4.90 Å². The molecular formula is C23H26ClFN4O6S3. The maximum Gasteiger partial charge on any atom is 0.283 e. The van der Waals surface area contributed by atoms with Gasteiger partial charge in [0.25, 0.3) is 15.9 Å². The lowest BCUT2D eigenvalue weighted by Crippen LogP contribution is -2.53. The topological polar surface area (TPSA) is 145 Å². The molecule has 0 radical (unpaired) electrons. The number of carbonyl (C=O) groups excluding carboxylic acids is 1. The van der Waals surface area contributed by atoms with Crippen LogP contribution in [-0.2, 0) is 31.4 Å². The minimum atomic E-state index is -4.26. The van der Waals surface area contributed by atoms with Crippen LogP contribution >= 0.6 is 23.4 Å². The highest BCUT2D eigenvalue weighted by Gasteiger charge is 2.47. The van der Waals surface area contributed by atoms with Crippen molar-refractivity contribution in [1.29, 1.82) is 0 Å². The van der Waals surface area contributed by atoms with Crippen LogP contribution in [0.25, 0.3) is 0 Å². The van der Waals surface area contributed by atoms with Gasteiger partial charge >= 0.3 is 0 Å². The molecule has 1 aliphatic carbocycles. The zero-order valence-corrected chi connectivity index (χ0v) is 23.5.